The summed E-state index contributed by atoms with van der Waals surface area (Å²) in [7, 11) is 0. The van der Waals surface area contributed by atoms with Gasteiger partial charge in [-0.25, -0.2) is 0 Å². The maximum Gasteiger partial charge on any atom is 0.0991 e. The summed E-state index contributed by atoms with van der Waals surface area (Å²) in [5.41, 5.74) is 12.6. The van der Waals surface area contributed by atoms with E-state index in [4.69, 9.17) is 11.0 Å². The number of hydrogen-bond donors (Lipinski definition) is 1. The number of benzene rings is 2. The second kappa shape index (κ2) is 3.59. The lowest BCUT2D eigenvalue weighted by molar-refractivity contribution is 0.548. The molecule has 2 atom stereocenters. The fourth-order valence-electron chi connectivity index (χ4n) is 2.98. The number of hydrogen-bond acceptors (Lipinski definition) is 3. The first kappa shape index (κ1) is 10.6. The summed E-state index contributed by atoms with van der Waals surface area (Å²) in [5, 5.41) is 8.99. The minimum atomic E-state index is 0.580. The monoisotopic (exact) mass is 247 g/mol. The Hall–Kier alpha value is -2.31. The third-order valence-corrected chi connectivity index (χ3v) is 4.08. The maximum atomic E-state index is 8.99. The molecule has 4 rings (SSSR count). The van der Waals surface area contributed by atoms with Gasteiger partial charge in [0.25, 0.3) is 0 Å². The molecule has 2 N–H and O–H groups in total. The molecule has 1 unspecified atom stereocenters. The number of anilines is 1. The number of rotatable bonds is 1. The Balaban J connectivity index is 1.86. The van der Waals surface area contributed by atoms with Gasteiger partial charge in [0.15, 0.2) is 0 Å². The molecule has 0 spiro atoms. The summed E-state index contributed by atoms with van der Waals surface area (Å²) >= 11 is 0. The first-order valence-electron chi connectivity index (χ1n) is 6.43. The summed E-state index contributed by atoms with van der Waals surface area (Å²) in [4.78, 5) is 2.41. The van der Waals surface area contributed by atoms with E-state index in [1.54, 1.807) is 0 Å². The second-order valence-electron chi connectivity index (χ2n) is 5.27. The van der Waals surface area contributed by atoms with Gasteiger partial charge in [-0.2, -0.15) is 5.26 Å². The van der Waals surface area contributed by atoms with Gasteiger partial charge < -0.3 is 5.73 Å². The van der Waals surface area contributed by atoms with Gasteiger partial charge in [0, 0.05) is 24.8 Å². The van der Waals surface area contributed by atoms with E-state index in [2.05, 4.69) is 17.0 Å². The van der Waals surface area contributed by atoms with Crippen LogP contribution in [0.5, 0.6) is 0 Å². The highest BCUT2D eigenvalue weighted by Gasteiger charge is 2.43. The smallest absolute Gasteiger partial charge is 0.0991 e. The van der Waals surface area contributed by atoms with E-state index in [0.717, 1.165) is 29.9 Å². The number of nitrogens with zero attached hydrogens (tertiary/aromatic N) is 2. The van der Waals surface area contributed by atoms with Gasteiger partial charge in [-0.1, -0.05) is 12.1 Å². The van der Waals surface area contributed by atoms with Gasteiger partial charge in [0.2, 0.25) is 0 Å². The van der Waals surface area contributed by atoms with Crippen LogP contribution >= 0.6 is 0 Å². The second-order valence-corrected chi connectivity index (χ2v) is 5.27. The Labute approximate surface area is 111 Å². The van der Waals surface area contributed by atoms with Crippen molar-refractivity contribution in [2.75, 3.05) is 12.3 Å². The largest absolute Gasteiger partial charge is 0.398 e. The molecular formula is C16H13N3. The lowest BCUT2D eigenvalue weighted by atomic mass is 9.96. The molecule has 3 heteroatoms. The van der Waals surface area contributed by atoms with Gasteiger partial charge in [-0.15, -0.1) is 0 Å². The number of nitrogen functional groups attached to an aromatic ring is 1. The molecule has 3 nitrogen and oxygen atoms in total. The van der Waals surface area contributed by atoms with Crippen molar-refractivity contribution < 1.29 is 0 Å². The van der Waals surface area contributed by atoms with E-state index < -0.39 is 0 Å². The molecule has 2 heterocycles. The lowest BCUT2D eigenvalue weighted by Crippen LogP contribution is -1.99. The molecule has 0 bridgehead atoms. The molecule has 19 heavy (non-hydrogen) atoms. The molecule has 0 saturated carbocycles. The van der Waals surface area contributed by atoms with Gasteiger partial charge >= 0.3 is 0 Å². The third kappa shape index (κ3) is 1.54. The minimum Gasteiger partial charge on any atom is -0.398 e. The van der Waals surface area contributed by atoms with E-state index in [1.807, 2.05) is 30.3 Å². The Kier molecular flexibility index (Phi) is 2.01. The van der Waals surface area contributed by atoms with Crippen LogP contribution in [0.4, 0.5) is 5.69 Å². The molecule has 0 amide bonds. The lowest BCUT2D eigenvalue weighted by Gasteiger charge is -2.10. The van der Waals surface area contributed by atoms with Crippen LogP contribution in [0.1, 0.15) is 22.7 Å². The van der Waals surface area contributed by atoms with Crippen LogP contribution < -0.4 is 5.73 Å². The SMILES string of the molecule is N#Cc1cccc(-c2cc(N)c3c(c2)C2C[N@@]2C3)c1. The van der Waals surface area contributed by atoms with Crippen LogP contribution in [0.2, 0.25) is 0 Å². The molecule has 0 aliphatic carbocycles. The van der Waals surface area contributed by atoms with Crippen LogP contribution in [0.25, 0.3) is 11.1 Å². The molecule has 2 aliphatic heterocycles. The summed E-state index contributed by atoms with van der Waals surface area (Å²) in [6.07, 6.45) is 0. The first-order chi connectivity index (χ1) is 9.26. The molecule has 2 aromatic carbocycles. The summed E-state index contributed by atoms with van der Waals surface area (Å²) in [6.45, 7) is 2.15. The topological polar surface area (TPSA) is 52.8 Å². The van der Waals surface area contributed by atoms with Gasteiger partial charge in [0.05, 0.1) is 11.6 Å². The molecule has 0 radical (unpaired) electrons. The van der Waals surface area contributed by atoms with Crippen molar-refractivity contribution in [3.8, 4) is 17.2 Å². The average Bonchev–Trinajstić information content (AvgIpc) is 3.12. The molecule has 2 aliphatic rings. The molecule has 2 aromatic rings. The Morgan fingerprint density at radius 1 is 1.21 bits per heavy atom. The van der Waals surface area contributed by atoms with Crippen molar-refractivity contribution in [1.82, 2.24) is 4.90 Å². The first-order valence-corrected chi connectivity index (χ1v) is 6.43. The summed E-state index contributed by atoms with van der Waals surface area (Å²) in [6, 6.07) is 14.7. The van der Waals surface area contributed by atoms with E-state index in [-0.39, 0.29) is 0 Å². The highest BCUT2D eigenvalue weighted by atomic mass is 15.3. The zero-order valence-electron chi connectivity index (χ0n) is 10.4. The predicted octanol–water partition coefficient (Wildman–Crippen LogP) is 2.68. The van der Waals surface area contributed by atoms with Crippen LogP contribution in [-0.2, 0) is 6.54 Å². The molecule has 1 fully saturated rings. The number of fused-ring (bicyclic) bond motifs is 3. The van der Waals surface area contributed by atoms with Crippen molar-refractivity contribution in [1.29, 1.82) is 5.26 Å². The number of nitriles is 1. The predicted molar refractivity (Wildman–Crippen MR) is 74.2 cm³/mol. The van der Waals surface area contributed by atoms with Crippen molar-refractivity contribution in [3.05, 3.63) is 53.1 Å². The molecular weight excluding hydrogens is 234 g/mol. The van der Waals surface area contributed by atoms with Crippen molar-refractivity contribution >= 4 is 5.69 Å². The zero-order valence-corrected chi connectivity index (χ0v) is 10.4. The van der Waals surface area contributed by atoms with Gasteiger partial charge in [-0.3, -0.25) is 4.90 Å². The van der Waals surface area contributed by atoms with Crippen molar-refractivity contribution in [2.45, 2.75) is 12.6 Å². The molecule has 0 aromatic heterocycles. The Morgan fingerprint density at radius 2 is 2.11 bits per heavy atom. The average molecular weight is 247 g/mol. The zero-order chi connectivity index (χ0) is 13.0. The Morgan fingerprint density at radius 3 is 2.95 bits per heavy atom. The normalized spacial score (nSPS) is 22.5. The van der Waals surface area contributed by atoms with E-state index in [0.29, 0.717) is 11.6 Å². The highest BCUT2D eigenvalue weighted by molar-refractivity contribution is 5.73. The quantitative estimate of drug-likeness (QED) is 0.622. The molecule has 92 valence electrons. The van der Waals surface area contributed by atoms with E-state index in [9.17, 15) is 0 Å². The fourth-order valence-corrected chi connectivity index (χ4v) is 2.98. The van der Waals surface area contributed by atoms with E-state index >= 15 is 0 Å². The fraction of sp³-hybridized carbons (Fsp3) is 0.188. The van der Waals surface area contributed by atoms with Crippen LogP contribution in [0.15, 0.2) is 36.4 Å². The van der Waals surface area contributed by atoms with Crippen LogP contribution in [-0.4, -0.2) is 11.4 Å². The van der Waals surface area contributed by atoms with Crippen LogP contribution in [0, 0.1) is 11.3 Å². The van der Waals surface area contributed by atoms with E-state index in [1.165, 1.54) is 11.1 Å². The van der Waals surface area contributed by atoms with Gasteiger partial charge in [-0.05, 0) is 46.5 Å². The maximum absolute atomic E-state index is 8.99. The minimum absolute atomic E-state index is 0.580. The third-order valence-electron chi connectivity index (χ3n) is 4.08. The molecule has 1 saturated heterocycles. The van der Waals surface area contributed by atoms with Crippen molar-refractivity contribution in [3.63, 3.8) is 0 Å². The van der Waals surface area contributed by atoms with Gasteiger partial charge in [0.1, 0.15) is 0 Å². The highest BCUT2D eigenvalue weighted by Crippen LogP contribution is 2.48. The summed E-state index contributed by atoms with van der Waals surface area (Å²) in [5.74, 6) is 0. The summed E-state index contributed by atoms with van der Waals surface area (Å²) < 4.78 is 0. The van der Waals surface area contributed by atoms with Crippen molar-refractivity contribution in [2.24, 2.45) is 0 Å². The standard InChI is InChI=1S/C16H13N3/c17-7-10-2-1-3-11(4-10)12-5-13-14(15(18)6-12)8-19-9-16(13)19/h1-6,16H,8-9,18H2/t16?,19-/m1/s1. The Bertz CT molecular complexity index is 727. The number of nitrogens with two attached hydrogens (primary N) is 1. The van der Waals surface area contributed by atoms with Crippen LogP contribution in [0.3, 0.4) is 0 Å².